The van der Waals surface area contributed by atoms with Crippen molar-refractivity contribution in [2.75, 3.05) is 56.1 Å². The highest BCUT2D eigenvalue weighted by atomic mass is 32.1. The van der Waals surface area contributed by atoms with E-state index in [1.807, 2.05) is 65.9 Å². The van der Waals surface area contributed by atoms with Crippen LogP contribution in [-0.2, 0) is 6.54 Å². The van der Waals surface area contributed by atoms with Crippen molar-refractivity contribution in [2.24, 2.45) is 5.41 Å². The molecule has 0 unspecified atom stereocenters. The Kier molecular flexibility index (Phi) is 6.93. The van der Waals surface area contributed by atoms with Gasteiger partial charge in [0.25, 0.3) is 0 Å². The number of hydrogen-bond acceptors (Lipinski definition) is 9. The van der Waals surface area contributed by atoms with Crippen LogP contribution in [0.5, 0.6) is 0 Å². The van der Waals surface area contributed by atoms with E-state index in [0.717, 1.165) is 29.8 Å². The van der Waals surface area contributed by atoms with E-state index in [1.54, 1.807) is 9.58 Å². The Bertz CT molecular complexity index is 1770. The van der Waals surface area contributed by atoms with Crippen LogP contribution in [0, 0.1) is 29.6 Å². The number of pyridine rings is 1. The second kappa shape index (κ2) is 10.7. The average molecular weight is 616 g/mol. The van der Waals surface area contributed by atoms with Crippen LogP contribution < -0.4 is 9.80 Å². The third-order valence-electron chi connectivity index (χ3n) is 9.21. The Morgan fingerprint density at radius 1 is 1.18 bits per heavy atom. The van der Waals surface area contributed by atoms with E-state index in [1.165, 1.54) is 11.3 Å². The standard InChI is InChI=1S/C31H34FN9O2S/c1-4-41-28(37(3)29-34-25(24(14-33)44-29)20-7-5-19(2)6-8-20)22-13-23(26(32)35-27(22)36-41)38-11-9-31(10-12-38)17-40(18-31)30(43)39-15-21(42)16-39/h5-8,13,21,42H,4,9-12,15-18H2,1-3H3. The molecule has 11 nitrogen and oxygen atoms in total. The molecule has 7 rings (SSSR count). The van der Waals surface area contributed by atoms with E-state index in [9.17, 15) is 15.2 Å². The van der Waals surface area contributed by atoms with Gasteiger partial charge in [-0.25, -0.2) is 14.5 Å². The van der Waals surface area contributed by atoms with Gasteiger partial charge in [0.05, 0.1) is 30.3 Å². The third-order valence-corrected chi connectivity index (χ3v) is 10.2. The van der Waals surface area contributed by atoms with Gasteiger partial charge in [0.1, 0.15) is 22.5 Å². The summed E-state index contributed by atoms with van der Waals surface area (Å²) in [5.74, 6) is 0.190. The summed E-state index contributed by atoms with van der Waals surface area (Å²) < 4.78 is 17.3. The number of aryl methyl sites for hydroxylation is 2. The van der Waals surface area contributed by atoms with Gasteiger partial charge in [-0.15, -0.1) is 0 Å². The maximum absolute atomic E-state index is 15.5. The number of urea groups is 1. The summed E-state index contributed by atoms with van der Waals surface area (Å²) >= 11 is 1.31. The van der Waals surface area contributed by atoms with Gasteiger partial charge in [0.2, 0.25) is 5.95 Å². The Balaban J connectivity index is 1.13. The molecule has 3 aromatic heterocycles. The summed E-state index contributed by atoms with van der Waals surface area (Å²) in [5, 5.41) is 25.4. The minimum Gasteiger partial charge on any atom is -0.389 e. The number of aliphatic hydroxyl groups excluding tert-OH is 1. The second-order valence-corrected chi connectivity index (χ2v) is 13.2. The lowest BCUT2D eigenvalue weighted by Crippen LogP contribution is -2.67. The molecule has 1 aromatic carbocycles. The van der Waals surface area contributed by atoms with Gasteiger partial charge in [-0.2, -0.15) is 19.7 Å². The first-order chi connectivity index (χ1) is 21.2. The van der Waals surface area contributed by atoms with Crippen molar-refractivity contribution in [1.29, 1.82) is 5.26 Å². The van der Waals surface area contributed by atoms with Crippen molar-refractivity contribution < 1.29 is 14.3 Å². The van der Waals surface area contributed by atoms with Crippen LogP contribution in [0.1, 0.15) is 30.2 Å². The smallest absolute Gasteiger partial charge is 0.320 e. The highest BCUT2D eigenvalue weighted by molar-refractivity contribution is 7.16. The maximum Gasteiger partial charge on any atom is 0.320 e. The molecular formula is C31H34FN9O2S. The van der Waals surface area contributed by atoms with E-state index in [0.29, 0.717) is 78.2 Å². The number of aliphatic hydroxyl groups is 1. The number of halogens is 1. The number of thiazole rings is 1. The quantitative estimate of drug-likeness (QED) is 0.329. The maximum atomic E-state index is 15.5. The van der Waals surface area contributed by atoms with Crippen molar-refractivity contribution in [3.05, 3.63) is 46.7 Å². The minimum absolute atomic E-state index is 0.00161. The van der Waals surface area contributed by atoms with Crippen LogP contribution in [0.3, 0.4) is 0 Å². The third kappa shape index (κ3) is 4.73. The van der Waals surface area contributed by atoms with Crippen LogP contribution in [0.15, 0.2) is 30.3 Å². The average Bonchev–Trinajstić information content (AvgIpc) is 3.59. The summed E-state index contributed by atoms with van der Waals surface area (Å²) in [7, 11) is 1.89. The number of nitriles is 1. The summed E-state index contributed by atoms with van der Waals surface area (Å²) in [6.45, 7) is 8.10. The number of piperidine rings is 1. The monoisotopic (exact) mass is 615 g/mol. The Morgan fingerprint density at radius 3 is 2.52 bits per heavy atom. The number of carbonyl (C=O) groups excluding carboxylic acids is 1. The first-order valence-electron chi connectivity index (χ1n) is 14.9. The van der Waals surface area contributed by atoms with Gasteiger partial charge in [0.15, 0.2) is 10.8 Å². The molecule has 13 heteroatoms. The molecule has 6 heterocycles. The predicted octanol–water partition coefficient (Wildman–Crippen LogP) is 4.36. The molecule has 228 valence electrons. The minimum atomic E-state index is -0.548. The number of likely N-dealkylation sites (tertiary alicyclic amines) is 2. The van der Waals surface area contributed by atoms with E-state index in [4.69, 9.17) is 4.98 Å². The molecule has 0 atom stereocenters. The molecule has 0 radical (unpaired) electrons. The molecule has 3 saturated heterocycles. The lowest BCUT2D eigenvalue weighted by molar-refractivity contribution is -0.0311. The molecule has 1 spiro atoms. The predicted molar refractivity (Wildman–Crippen MR) is 167 cm³/mol. The Hall–Kier alpha value is -4.28. The number of amides is 2. The van der Waals surface area contributed by atoms with Gasteiger partial charge in [-0.1, -0.05) is 41.2 Å². The highest BCUT2D eigenvalue weighted by Gasteiger charge is 2.49. The van der Waals surface area contributed by atoms with Crippen molar-refractivity contribution in [1.82, 2.24) is 29.5 Å². The molecule has 3 fully saturated rings. The summed E-state index contributed by atoms with van der Waals surface area (Å²) in [4.78, 5) is 29.8. The number of aromatic nitrogens is 4. The lowest BCUT2D eigenvalue weighted by Gasteiger charge is -2.55. The summed E-state index contributed by atoms with van der Waals surface area (Å²) in [6, 6.07) is 12.1. The van der Waals surface area contributed by atoms with Gasteiger partial charge in [0, 0.05) is 50.7 Å². The molecule has 0 saturated carbocycles. The lowest BCUT2D eigenvalue weighted by atomic mass is 9.72. The van der Waals surface area contributed by atoms with Gasteiger partial charge in [-0.3, -0.25) is 0 Å². The molecule has 1 N–H and O–H groups in total. The number of anilines is 3. The number of benzene rings is 1. The molecule has 2 amide bonds. The van der Waals surface area contributed by atoms with E-state index >= 15 is 4.39 Å². The molecule has 4 aromatic rings. The van der Waals surface area contributed by atoms with Crippen LogP contribution in [0.2, 0.25) is 0 Å². The van der Waals surface area contributed by atoms with Gasteiger partial charge >= 0.3 is 6.03 Å². The van der Waals surface area contributed by atoms with Crippen LogP contribution in [0.25, 0.3) is 22.3 Å². The first-order valence-corrected chi connectivity index (χ1v) is 15.8. The molecular weight excluding hydrogens is 581 g/mol. The molecule has 3 aliphatic rings. The number of fused-ring (bicyclic) bond motifs is 1. The highest BCUT2D eigenvalue weighted by Crippen LogP contribution is 2.43. The van der Waals surface area contributed by atoms with Gasteiger partial charge in [-0.05, 0) is 32.8 Å². The number of hydrogen-bond donors (Lipinski definition) is 1. The largest absolute Gasteiger partial charge is 0.389 e. The van der Waals surface area contributed by atoms with E-state index in [-0.39, 0.29) is 11.4 Å². The SMILES string of the molecule is CCn1nc2nc(F)c(N3CCC4(CC3)CN(C(=O)N3CC(O)C3)C4)cc2c1N(C)c1nc(-c2ccc(C)cc2)c(C#N)s1. The number of carbonyl (C=O) groups is 1. The molecule has 0 bridgehead atoms. The molecule has 0 aliphatic carbocycles. The fraction of sp³-hybridized carbons (Fsp3) is 0.452. The van der Waals surface area contributed by atoms with Crippen molar-refractivity contribution >= 4 is 45.0 Å². The fourth-order valence-electron chi connectivity index (χ4n) is 6.58. The van der Waals surface area contributed by atoms with E-state index < -0.39 is 12.1 Å². The number of rotatable bonds is 5. The van der Waals surface area contributed by atoms with Gasteiger partial charge < -0.3 is 24.7 Å². The molecule has 44 heavy (non-hydrogen) atoms. The zero-order valence-electron chi connectivity index (χ0n) is 25.0. The summed E-state index contributed by atoms with van der Waals surface area (Å²) in [5.41, 5.74) is 3.47. The van der Waals surface area contributed by atoms with Crippen molar-refractivity contribution in [3.8, 4) is 17.3 Å². The normalized spacial score (nSPS) is 18.0. The van der Waals surface area contributed by atoms with Crippen LogP contribution in [0.4, 0.5) is 25.8 Å². The topological polar surface area (TPSA) is 118 Å². The van der Waals surface area contributed by atoms with Crippen LogP contribution in [-0.4, -0.2) is 93.1 Å². The zero-order valence-corrected chi connectivity index (χ0v) is 25.8. The zero-order chi connectivity index (χ0) is 30.7. The summed E-state index contributed by atoms with van der Waals surface area (Å²) in [6.07, 6.45) is 1.31. The number of nitrogens with zero attached hydrogens (tertiary/aromatic N) is 9. The molecule has 3 aliphatic heterocycles. The van der Waals surface area contributed by atoms with E-state index in [2.05, 4.69) is 16.2 Å². The first kappa shape index (κ1) is 28.5. The second-order valence-electron chi connectivity index (χ2n) is 12.2. The fourth-order valence-corrected chi connectivity index (χ4v) is 7.43. The Morgan fingerprint density at radius 2 is 1.89 bits per heavy atom. The van der Waals surface area contributed by atoms with Crippen molar-refractivity contribution in [2.45, 2.75) is 39.3 Å². The van der Waals surface area contributed by atoms with Crippen LogP contribution >= 0.6 is 11.3 Å². The number of β-amino-alcohol motifs (C(OH)–C–C–N with tert-alkyl or cyclic N) is 1. The Labute approximate surface area is 258 Å². The van der Waals surface area contributed by atoms with Crippen molar-refractivity contribution in [3.63, 3.8) is 0 Å².